The molecule has 1 saturated heterocycles. The van der Waals surface area contributed by atoms with Gasteiger partial charge in [0.1, 0.15) is 17.9 Å². The van der Waals surface area contributed by atoms with Gasteiger partial charge in [0.15, 0.2) is 0 Å². The van der Waals surface area contributed by atoms with Gasteiger partial charge < -0.3 is 10.1 Å². The molecule has 1 unspecified atom stereocenters. The second-order valence-corrected chi connectivity index (χ2v) is 4.78. The van der Waals surface area contributed by atoms with Crippen LogP contribution >= 0.6 is 0 Å². The summed E-state index contributed by atoms with van der Waals surface area (Å²) in [5.74, 6) is -0.859. The lowest BCUT2D eigenvalue weighted by molar-refractivity contribution is -0.144. The molecule has 0 aromatic carbocycles. The quantitative estimate of drug-likeness (QED) is 0.423. The fourth-order valence-corrected chi connectivity index (χ4v) is 1.96. The molecule has 0 aromatic rings. The number of ketones is 1. The van der Waals surface area contributed by atoms with Crippen molar-refractivity contribution in [3.8, 4) is 0 Å². The van der Waals surface area contributed by atoms with E-state index in [0.717, 1.165) is 19.3 Å². The van der Waals surface area contributed by atoms with E-state index >= 15 is 0 Å². The highest BCUT2D eigenvalue weighted by Crippen LogP contribution is 2.14. The highest BCUT2D eigenvalue weighted by molar-refractivity contribution is 5.99. The van der Waals surface area contributed by atoms with E-state index in [1.807, 2.05) is 0 Å². The summed E-state index contributed by atoms with van der Waals surface area (Å²) in [5.41, 5.74) is 0. The van der Waals surface area contributed by atoms with Crippen LogP contribution in [0, 0.1) is 0 Å². The van der Waals surface area contributed by atoms with Crippen LogP contribution in [0.25, 0.3) is 0 Å². The van der Waals surface area contributed by atoms with Gasteiger partial charge in [0.2, 0.25) is 5.91 Å². The second-order valence-electron chi connectivity index (χ2n) is 4.78. The molecule has 0 aromatic heterocycles. The lowest BCUT2D eigenvalue weighted by Crippen LogP contribution is -2.38. The van der Waals surface area contributed by atoms with E-state index < -0.39 is 12.0 Å². The van der Waals surface area contributed by atoms with Crippen molar-refractivity contribution in [2.45, 2.75) is 64.5 Å². The fraction of sp³-hybridized carbons (Fsp3) is 0.769. The summed E-state index contributed by atoms with van der Waals surface area (Å²) in [6.07, 6.45) is 3.49. The monoisotopic (exact) mass is 255 g/mol. The van der Waals surface area contributed by atoms with Crippen molar-refractivity contribution < 1.29 is 19.1 Å². The second kappa shape index (κ2) is 7.13. The van der Waals surface area contributed by atoms with Crippen molar-refractivity contribution in [1.29, 1.82) is 0 Å². The molecule has 0 spiro atoms. The first kappa shape index (κ1) is 14.7. The van der Waals surface area contributed by atoms with E-state index in [1.54, 1.807) is 6.92 Å². The zero-order valence-corrected chi connectivity index (χ0v) is 11.0. The summed E-state index contributed by atoms with van der Waals surface area (Å²) in [6.45, 7) is 3.84. The molecule has 18 heavy (non-hydrogen) atoms. The number of amides is 1. The molecule has 5 nitrogen and oxygen atoms in total. The van der Waals surface area contributed by atoms with Crippen molar-refractivity contribution in [2.24, 2.45) is 0 Å². The number of unbranched alkanes of at least 4 members (excludes halogenated alkanes) is 2. The molecule has 2 atom stereocenters. The summed E-state index contributed by atoms with van der Waals surface area (Å²) in [4.78, 5) is 34.3. The Kier molecular flexibility index (Phi) is 5.82. The zero-order valence-electron chi connectivity index (χ0n) is 11.0. The minimum atomic E-state index is -0.587. The third-order valence-corrected chi connectivity index (χ3v) is 2.92. The van der Waals surface area contributed by atoms with Crippen molar-refractivity contribution in [3.63, 3.8) is 0 Å². The number of rotatable bonds is 7. The first-order chi connectivity index (χ1) is 8.52. The molecule has 1 fully saturated rings. The molecule has 1 aliphatic heterocycles. The van der Waals surface area contributed by atoms with Crippen LogP contribution < -0.4 is 5.32 Å². The Labute approximate surface area is 107 Å². The van der Waals surface area contributed by atoms with Crippen LogP contribution in [0.3, 0.4) is 0 Å². The van der Waals surface area contributed by atoms with Gasteiger partial charge in [-0.15, -0.1) is 0 Å². The predicted octanol–water partition coefficient (Wildman–Crippen LogP) is 1.35. The molecule has 1 amide bonds. The lowest BCUT2D eigenvalue weighted by atomic mass is 10.1. The summed E-state index contributed by atoms with van der Waals surface area (Å²) in [7, 11) is 0. The first-order valence-electron chi connectivity index (χ1n) is 6.54. The van der Waals surface area contributed by atoms with Crippen LogP contribution in [0.1, 0.15) is 52.4 Å². The van der Waals surface area contributed by atoms with Crippen LogP contribution in [0.4, 0.5) is 0 Å². The normalized spacial score (nSPS) is 22.7. The highest BCUT2D eigenvalue weighted by Gasteiger charge is 2.33. The third kappa shape index (κ3) is 4.85. The number of hydrogen-bond acceptors (Lipinski definition) is 4. The fourth-order valence-electron chi connectivity index (χ4n) is 1.96. The Morgan fingerprint density at radius 1 is 1.39 bits per heavy atom. The average molecular weight is 255 g/mol. The Morgan fingerprint density at radius 3 is 2.67 bits per heavy atom. The van der Waals surface area contributed by atoms with Gasteiger partial charge in [0.25, 0.3) is 0 Å². The number of carbonyl (C=O) groups is 3. The Balaban J connectivity index is 2.25. The Hall–Kier alpha value is -1.39. The van der Waals surface area contributed by atoms with E-state index in [0.29, 0.717) is 12.8 Å². The van der Waals surface area contributed by atoms with Crippen molar-refractivity contribution in [3.05, 3.63) is 0 Å². The largest absolute Gasteiger partial charge is 0.461 e. The van der Waals surface area contributed by atoms with Crippen LogP contribution in [0.15, 0.2) is 0 Å². The maximum absolute atomic E-state index is 11.6. The number of hydrogen-bond donors (Lipinski definition) is 1. The lowest BCUT2D eigenvalue weighted by Gasteiger charge is -2.08. The van der Waals surface area contributed by atoms with Gasteiger partial charge in [-0.1, -0.05) is 19.8 Å². The van der Waals surface area contributed by atoms with E-state index in [-0.39, 0.29) is 24.2 Å². The molecule has 0 aliphatic carbocycles. The number of nitrogens with one attached hydrogen (secondary N) is 1. The van der Waals surface area contributed by atoms with E-state index in [4.69, 9.17) is 4.74 Å². The number of Topliss-reactive ketones (excluding diaryl/α,β-unsaturated/α-hetero) is 1. The first-order valence-corrected chi connectivity index (χ1v) is 6.54. The molecular formula is C13H21NO4. The molecular weight excluding hydrogens is 234 g/mol. The number of cyclic esters (lactones) is 1. The maximum atomic E-state index is 11.6. The average Bonchev–Trinajstić information content (AvgIpc) is 2.57. The maximum Gasteiger partial charge on any atom is 0.329 e. The van der Waals surface area contributed by atoms with Gasteiger partial charge >= 0.3 is 5.97 Å². The topological polar surface area (TPSA) is 72.5 Å². The van der Waals surface area contributed by atoms with Crippen LogP contribution in [-0.4, -0.2) is 29.8 Å². The third-order valence-electron chi connectivity index (χ3n) is 2.92. The molecule has 5 heteroatoms. The van der Waals surface area contributed by atoms with Crippen LogP contribution in [-0.2, 0) is 19.1 Å². The predicted molar refractivity (Wildman–Crippen MR) is 65.9 cm³/mol. The van der Waals surface area contributed by atoms with E-state index in [9.17, 15) is 14.4 Å². The van der Waals surface area contributed by atoms with E-state index in [1.165, 1.54) is 0 Å². The highest BCUT2D eigenvalue weighted by atomic mass is 16.6. The summed E-state index contributed by atoms with van der Waals surface area (Å²) in [5, 5.41) is 2.55. The molecule has 1 heterocycles. The zero-order chi connectivity index (χ0) is 13.5. The minimum absolute atomic E-state index is 0.0691. The molecule has 1 N–H and O–H groups in total. The Morgan fingerprint density at radius 2 is 2.11 bits per heavy atom. The number of carbonyl (C=O) groups excluding carboxylic acids is 3. The van der Waals surface area contributed by atoms with Crippen molar-refractivity contribution in [2.75, 3.05) is 0 Å². The molecule has 1 rings (SSSR count). The summed E-state index contributed by atoms with van der Waals surface area (Å²) >= 11 is 0. The van der Waals surface area contributed by atoms with Crippen LogP contribution in [0.5, 0.6) is 0 Å². The standard InChI is InChI=1S/C13H21NO4/c1-3-4-5-6-10(15)8-12(16)14-11-7-9(2)18-13(11)17/h9,11H,3-8H2,1-2H3,(H,14,16)/t9?,11-/m0/s1. The SMILES string of the molecule is CCCCCC(=O)CC(=O)N[C@H]1CC(C)OC1=O. The smallest absolute Gasteiger partial charge is 0.329 e. The van der Waals surface area contributed by atoms with Gasteiger partial charge in [0.05, 0.1) is 6.42 Å². The van der Waals surface area contributed by atoms with Gasteiger partial charge in [-0.05, 0) is 13.3 Å². The number of esters is 1. The Bertz CT molecular complexity index is 327. The molecule has 1 aliphatic rings. The summed E-state index contributed by atoms with van der Waals surface area (Å²) < 4.78 is 4.92. The van der Waals surface area contributed by atoms with Gasteiger partial charge in [-0.25, -0.2) is 4.79 Å². The molecule has 0 saturated carbocycles. The van der Waals surface area contributed by atoms with Gasteiger partial charge in [-0.2, -0.15) is 0 Å². The van der Waals surface area contributed by atoms with E-state index in [2.05, 4.69) is 12.2 Å². The number of ether oxygens (including phenoxy) is 1. The van der Waals surface area contributed by atoms with Gasteiger partial charge in [-0.3, -0.25) is 9.59 Å². The van der Waals surface area contributed by atoms with Crippen LogP contribution in [0.2, 0.25) is 0 Å². The minimum Gasteiger partial charge on any atom is -0.461 e. The van der Waals surface area contributed by atoms with Gasteiger partial charge in [0, 0.05) is 12.8 Å². The molecule has 0 radical (unpaired) electrons. The summed E-state index contributed by atoms with van der Waals surface area (Å²) in [6, 6.07) is -0.587. The molecule has 0 bridgehead atoms. The molecule has 102 valence electrons. The van der Waals surface area contributed by atoms with Crippen molar-refractivity contribution in [1.82, 2.24) is 5.32 Å². The van der Waals surface area contributed by atoms with Crippen molar-refractivity contribution >= 4 is 17.7 Å².